The zero-order valence-corrected chi connectivity index (χ0v) is 12.0. The van der Waals surface area contributed by atoms with E-state index >= 15 is 0 Å². The van der Waals surface area contributed by atoms with E-state index < -0.39 is 0 Å². The Balaban J connectivity index is 2.13. The fourth-order valence-electron chi connectivity index (χ4n) is 2.72. The Morgan fingerprint density at radius 3 is 2.95 bits per heavy atom. The summed E-state index contributed by atoms with van der Waals surface area (Å²) in [6, 6.07) is 6.21. The van der Waals surface area contributed by atoms with Gasteiger partial charge in [0.15, 0.2) is 0 Å². The number of hydrogen-bond donors (Lipinski definition) is 1. The van der Waals surface area contributed by atoms with Gasteiger partial charge in [-0.3, -0.25) is 0 Å². The van der Waals surface area contributed by atoms with Gasteiger partial charge in [-0.05, 0) is 43.9 Å². The van der Waals surface area contributed by atoms with E-state index in [2.05, 4.69) is 36.3 Å². The summed E-state index contributed by atoms with van der Waals surface area (Å²) in [6.07, 6.45) is 2.14. The number of aromatic nitrogens is 3. The van der Waals surface area contributed by atoms with Crippen molar-refractivity contribution in [2.75, 3.05) is 6.61 Å². The normalized spacial score (nSPS) is 18.6. The Kier molecular flexibility index (Phi) is 3.54. The number of nitrogens with zero attached hydrogens (tertiary/aromatic N) is 3. The molecule has 1 aromatic heterocycles. The third kappa shape index (κ3) is 2.13. The molecule has 1 saturated heterocycles. The molecule has 0 radical (unpaired) electrons. The topological polar surface area (TPSA) is 66.0 Å². The smallest absolute Gasteiger partial charge is 0.103 e. The van der Waals surface area contributed by atoms with E-state index in [1.807, 2.05) is 10.7 Å². The number of ether oxygens (including phenoxy) is 1. The van der Waals surface area contributed by atoms with Gasteiger partial charge in [0.2, 0.25) is 0 Å². The molecule has 20 heavy (non-hydrogen) atoms. The van der Waals surface area contributed by atoms with E-state index in [0.29, 0.717) is 6.54 Å². The van der Waals surface area contributed by atoms with Crippen molar-refractivity contribution in [1.82, 2.24) is 15.0 Å². The molecule has 2 N–H and O–H groups in total. The fraction of sp³-hybridized carbons (Fsp3) is 0.467. The average molecular weight is 272 g/mol. The molecule has 1 fully saturated rings. The lowest BCUT2D eigenvalue weighted by atomic mass is 10.1. The SMILES string of the molecule is Cc1cccc(-n2nnc(CN)c2C2CCCO2)c1C. The number of rotatable bonds is 3. The van der Waals surface area contributed by atoms with E-state index in [-0.39, 0.29) is 6.10 Å². The van der Waals surface area contributed by atoms with Crippen LogP contribution in [0.15, 0.2) is 18.2 Å². The summed E-state index contributed by atoms with van der Waals surface area (Å²) in [6.45, 7) is 5.39. The Hall–Kier alpha value is -1.72. The first-order valence-corrected chi connectivity index (χ1v) is 7.05. The molecule has 0 spiro atoms. The van der Waals surface area contributed by atoms with Gasteiger partial charge >= 0.3 is 0 Å². The lowest BCUT2D eigenvalue weighted by Crippen LogP contribution is -2.12. The molecule has 5 nitrogen and oxygen atoms in total. The van der Waals surface area contributed by atoms with Crippen molar-refractivity contribution >= 4 is 0 Å². The lowest BCUT2D eigenvalue weighted by molar-refractivity contribution is 0.106. The quantitative estimate of drug-likeness (QED) is 0.930. The van der Waals surface area contributed by atoms with Crippen LogP contribution in [0.5, 0.6) is 0 Å². The highest BCUT2D eigenvalue weighted by molar-refractivity contribution is 5.45. The number of nitrogens with two attached hydrogens (primary N) is 1. The molecule has 1 aliphatic rings. The predicted octanol–water partition coefficient (Wildman–Crippen LogP) is 2.19. The molecule has 0 aliphatic carbocycles. The highest BCUT2D eigenvalue weighted by Crippen LogP contribution is 2.32. The monoisotopic (exact) mass is 272 g/mol. The van der Waals surface area contributed by atoms with Crippen LogP contribution < -0.4 is 5.73 Å². The van der Waals surface area contributed by atoms with E-state index in [1.165, 1.54) is 11.1 Å². The minimum atomic E-state index is 0.0588. The molecular weight excluding hydrogens is 252 g/mol. The summed E-state index contributed by atoms with van der Waals surface area (Å²) in [5, 5.41) is 8.54. The van der Waals surface area contributed by atoms with Gasteiger partial charge in [0.05, 0.1) is 11.4 Å². The van der Waals surface area contributed by atoms with Crippen molar-refractivity contribution in [3.8, 4) is 5.69 Å². The van der Waals surface area contributed by atoms with Crippen molar-refractivity contribution < 1.29 is 4.74 Å². The molecule has 3 rings (SSSR count). The van der Waals surface area contributed by atoms with Crippen LogP contribution in [0.25, 0.3) is 5.69 Å². The summed E-state index contributed by atoms with van der Waals surface area (Å²) in [4.78, 5) is 0. The lowest BCUT2D eigenvalue weighted by Gasteiger charge is -2.15. The first-order chi connectivity index (χ1) is 9.72. The zero-order valence-electron chi connectivity index (χ0n) is 12.0. The van der Waals surface area contributed by atoms with E-state index in [0.717, 1.165) is 36.5 Å². The van der Waals surface area contributed by atoms with Gasteiger partial charge in [0, 0.05) is 13.2 Å². The van der Waals surface area contributed by atoms with Gasteiger partial charge in [0.25, 0.3) is 0 Å². The van der Waals surface area contributed by atoms with Gasteiger partial charge in [-0.15, -0.1) is 5.10 Å². The van der Waals surface area contributed by atoms with Crippen LogP contribution in [-0.4, -0.2) is 21.6 Å². The summed E-state index contributed by atoms with van der Waals surface area (Å²) in [7, 11) is 0. The Labute approximate surface area is 118 Å². The van der Waals surface area contributed by atoms with Crippen LogP contribution in [0.2, 0.25) is 0 Å². The molecule has 1 atom stereocenters. The molecule has 0 amide bonds. The van der Waals surface area contributed by atoms with Gasteiger partial charge in [-0.2, -0.15) is 0 Å². The highest BCUT2D eigenvalue weighted by Gasteiger charge is 2.27. The minimum absolute atomic E-state index is 0.0588. The third-order valence-electron chi connectivity index (χ3n) is 4.01. The van der Waals surface area contributed by atoms with Gasteiger partial charge in [-0.1, -0.05) is 17.3 Å². The molecule has 2 aromatic rings. The Bertz CT molecular complexity index is 614. The van der Waals surface area contributed by atoms with Crippen LogP contribution in [0.1, 0.15) is 41.5 Å². The van der Waals surface area contributed by atoms with Crippen LogP contribution in [0, 0.1) is 13.8 Å². The van der Waals surface area contributed by atoms with E-state index in [1.54, 1.807) is 0 Å². The zero-order chi connectivity index (χ0) is 14.1. The highest BCUT2D eigenvalue weighted by atomic mass is 16.5. The summed E-state index contributed by atoms with van der Waals surface area (Å²) in [5.41, 5.74) is 11.2. The van der Waals surface area contributed by atoms with Gasteiger partial charge in [0.1, 0.15) is 11.8 Å². The van der Waals surface area contributed by atoms with Crippen molar-refractivity contribution in [3.63, 3.8) is 0 Å². The standard InChI is InChI=1S/C15H20N4O/c1-10-5-3-6-13(11(10)2)19-15(12(9-16)17-18-19)14-7-4-8-20-14/h3,5-6,14H,4,7-9,16H2,1-2H3. The molecule has 0 bridgehead atoms. The summed E-state index contributed by atoms with van der Waals surface area (Å²) < 4.78 is 7.72. The maximum absolute atomic E-state index is 5.82. The molecule has 1 aromatic carbocycles. The minimum Gasteiger partial charge on any atom is -0.372 e. The summed E-state index contributed by atoms with van der Waals surface area (Å²) in [5.74, 6) is 0. The van der Waals surface area contributed by atoms with Gasteiger partial charge < -0.3 is 10.5 Å². The molecule has 106 valence electrons. The molecule has 5 heteroatoms. The van der Waals surface area contributed by atoms with Crippen LogP contribution >= 0.6 is 0 Å². The maximum Gasteiger partial charge on any atom is 0.103 e. The van der Waals surface area contributed by atoms with Crippen molar-refractivity contribution in [2.45, 2.75) is 39.3 Å². The largest absolute Gasteiger partial charge is 0.372 e. The first kappa shape index (κ1) is 13.3. The second-order valence-electron chi connectivity index (χ2n) is 5.26. The second-order valence-corrected chi connectivity index (χ2v) is 5.26. The number of benzene rings is 1. The summed E-state index contributed by atoms with van der Waals surface area (Å²) >= 11 is 0. The third-order valence-corrected chi connectivity index (χ3v) is 4.01. The molecule has 1 unspecified atom stereocenters. The Morgan fingerprint density at radius 2 is 2.25 bits per heavy atom. The second kappa shape index (κ2) is 5.34. The molecule has 2 heterocycles. The Morgan fingerprint density at radius 1 is 1.40 bits per heavy atom. The van der Waals surface area contributed by atoms with E-state index in [9.17, 15) is 0 Å². The predicted molar refractivity (Wildman–Crippen MR) is 76.7 cm³/mol. The van der Waals surface area contributed by atoms with E-state index in [4.69, 9.17) is 10.5 Å². The fourth-order valence-corrected chi connectivity index (χ4v) is 2.72. The van der Waals surface area contributed by atoms with Crippen molar-refractivity contribution in [2.24, 2.45) is 5.73 Å². The van der Waals surface area contributed by atoms with Crippen molar-refractivity contribution in [1.29, 1.82) is 0 Å². The number of hydrogen-bond acceptors (Lipinski definition) is 4. The maximum atomic E-state index is 5.82. The van der Waals surface area contributed by atoms with Gasteiger partial charge in [-0.25, -0.2) is 4.68 Å². The van der Waals surface area contributed by atoms with Crippen LogP contribution in [-0.2, 0) is 11.3 Å². The molecular formula is C15H20N4O. The van der Waals surface area contributed by atoms with Crippen molar-refractivity contribution in [3.05, 3.63) is 40.7 Å². The van der Waals surface area contributed by atoms with Crippen LogP contribution in [0.4, 0.5) is 0 Å². The van der Waals surface area contributed by atoms with Crippen LogP contribution in [0.3, 0.4) is 0 Å². The number of aryl methyl sites for hydroxylation is 1. The first-order valence-electron chi connectivity index (χ1n) is 7.05. The average Bonchev–Trinajstić information content (AvgIpc) is 3.09. The molecule has 0 saturated carbocycles. The molecule has 1 aliphatic heterocycles.